The van der Waals surface area contributed by atoms with E-state index in [0.29, 0.717) is 11.3 Å². The lowest BCUT2D eigenvalue weighted by Crippen LogP contribution is -2.30. The number of rotatable bonds is 10. The van der Waals surface area contributed by atoms with Crippen molar-refractivity contribution in [2.45, 2.75) is 17.7 Å². The Balaban J connectivity index is 1.98. The number of thioether (sulfide) groups is 1. The Kier molecular flexibility index (Phi) is 8.48. The van der Waals surface area contributed by atoms with Gasteiger partial charge in [-0.05, 0) is 23.6 Å². The minimum absolute atomic E-state index is 0.188. The van der Waals surface area contributed by atoms with Gasteiger partial charge in [0.2, 0.25) is 0 Å². The second-order valence-corrected chi connectivity index (χ2v) is 8.73. The molecule has 164 valence electrons. The van der Waals surface area contributed by atoms with Gasteiger partial charge >= 0.3 is 5.97 Å². The molecule has 3 aromatic carbocycles. The molecule has 1 atom stereocenters. The Morgan fingerprint density at radius 2 is 1.38 bits per heavy atom. The summed E-state index contributed by atoms with van der Waals surface area (Å²) in [6.07, 6.45) is 3.33. The fourth-order valence-corrected chi connectivity index (χ4v) is 5.12. The van der Waals surface area contributed by atoms with Crippen molar-refractivity contribution in [3.63, 3.8) is 0 Å². The Hall–Kier alpha value is -3.08. The first kappa shape index (κ1) is 23.6. The normalized spacial score (nSPS) is 12.8. The number of hydrogen-bond acceptors (Lipinski definition) is 4. The van der Waals surface area contributed by atoms with E-state index in [9.17, 15) is 4.79 Å². The van der Waals surface area contributed by atoms with Gasteiger partial charge in [-0.15, -0.1) is 11.8 Å². The summed E-state index contributed by atoms with van der Waals surface area (Å²) in [5.41, 5.74) is 10.5. The van der Waals surface area contributed by atoms with Crippen LogP contribution < -0.4 is 5.73 Å². The fraction of sp³-hybridized carbons (Fsp3) is 0.179. The van der Waals surface area contributed by atoms with E-state index in [0.717, 1.165) is 0 Å². The molecule has 0 aliphatic rings. The Bertz CT molecular complexity index is 936. The van der Waals surface area contributed by atoms with Crippen molar-refractivity contribution >= 4 is 17.7 Å². The molecular formula is C28H29NO2S. The van der Waals surface area contributed by atoms with Crippen LogP contribution in [-0.4, -0.2) is 24.4 Å². The molecule has 0 fully saturated rings. The standard InChI is InChI=1S/C28H29NO2S/c1-3-19-31-27(30)22(2)20-26(29)21-32-28(23-13-7-4-8-14-23,24-15-9-5-10-16-24)25-17-11-6-12-18-25/h3-18,20,26H,1,19,21,29H2,2H3/b22-20+/t26-/m0/s1. The van der Waals surface area contributed by atoms with Crippen LogP contribution in [0.15, 0.2) is 115 Å². The quantitative estimate of drug-likeness (QED) is 0.189. The molecule has 4 heteroatoms. The summed E-state index contributed by atoms with van der Waals surface area (Å²) < 4.78 is 4.68. The first-order valence-electron chi connectivity index (χ1n) is 10.6. The highest BCUT2D eigenvalue weighted by Crippen LogP contribution is 2.48. The molecule has 0 bridgehead atoms. The molecule has 0 saturated heterocycles. The summed E-state index contributed by atoms with van der Waals surface area (Å²) in [4.78, 5) is 12.1. The summed E-state index contributed by atoms with van der Waals surface area (Å²) in [6.45, 7) is 5.49. The average molecular weight is 444 g/mol. The van der Waals surface area contributed by atoms with Gasteiger partial charge in [0.25, 0.3) is 0 Å². The minimum atomic E-state index is -0.438. The van der Waals surface area contributed by atoms with Crippen LogP contribution in [0.4, 0.5) is 0 Å². The minimum Gasteiger partial charge on any atom is -0.458 e. The lowest BCUT2D eigenvalue weighted by atomic mass is 9.84. The second-order valence-electron chi connectivity index (χ2n) is 7.49. The SMILES string of the molecule is C=CCOC(=O)/C(C)=C/[C@H](N)CSC(c1ccccc1)(c1ccccc1)c1ccccc1. The lowest BCUT2D eigenvalue weighted by Gasteiger charge is -2.36. The highest BCUT2D eigenvalue weighted by molar-refractivity contribution is 8.00. The van der Waals surface area contributed by atoms with Gasteiger partial charge < -0.3 is 10.5 Å². The maximum absolute atomic E-state index is 12.1. The number of benzene rings is 3. The Morgan fingerprint density at radius 1 is 0.938 bits per heavy atom. The summed E-state index contributed by atoms with van der Waals surface area (Å²) in [6, 6.07) is 31.1. The summed E-state index contributed by atoms with van der Waals surface area (Å²) >= 11 is 1.77. The molecule has 0 aliphatic heterocycles. The van der Waals surface area contributed by atoms with Gasteiger partial charge in [-0.2, -0.15) is 0 Å². The summed E-state index contributed by atoms with van der Waals surface area (Å²) in [5, 5.41) is 0. The van der Waals surface area contributed by atoms with E-state index < -0.39 is 4.75 Å². The van der Waals surface area contributed by atoms with Crippen molar-refractivity contribution in [1.29, 1.82) is 0 Å². The van der Waals surface area contributed by atoms with E-state index in [4.69, 9.17) is 10.5 Å². The van der Waals surface area contributed by atoms with Crippen molar-refractivity contribution in [3.8, 4) is 0 Å². The van der Waals surface area contributed by atoms with E-state index in [-0.39, 0.29) is 18.6 Å². The smallest absolute Gasteiger partial charge is 0.333 e. The summed E-state index contributed by atoms with van der Waals surface area (Å²) in [7, 11) is 0. The Labute approximate surface area is 195 Å². The van der Waals surface area contributed by atoms with E-state index in [1.165, 1.54) is 16.7 Å². The molecule has 0 amide bonds. The van der Waals surface area contributed by atoms with E-state index in [2.05, 4.69) is 79.4 Å². The fourth-order valence-electron chi connectivity index (χ4n) is 3.68. The van der Waals surface area contributed by atoms with Crippen LogP contribution in [0.1, 0.15) is 23.6 Å². The van der Waals surface area contributed by atoms with Crippen molar-refractivity contribution < 1.29 is 9.53 Å². The van der Waals surface area contributed by atoms with Crippen LogP contribution >= 0.6 is 11.8 Å². The van der Waals surface area contributed by atoms with Crippen LogP contribution in [0.5, 0.6) is 0 Å². The number of ether oxygens (including phenoxy) is 1. The molecule has 0 saturated carbocycles. The monoisotopic (exact) mass is 443 g/mol. The molecule has 0 radical (unpaired) electrons. The van der Waals surface area contributed by atoms with Crippen molar-refractivity contribution in [3.05, 3.63) is 132 Å². The van der Waals surface area contributed by atoms with Gasteiger partial charge in [-0.3, -0.25) is 0 Å². The largest absolute Gasteiger partial charge is 0.458 e. The topological polar surface area (TPSA) is 52.3 Å². The van der Waals surface area contributed by atoms with Crippen molar-refractivity contribution in [1.82, 2.24) is 0 Å². The van der Waals surface area contributed by atoms with Gasteiger partial charge in [-0.25, -0.2) is 4.79 Å². The van der Waals surface area contributed by atoms with Gasteiger partial charge in [-0.1, -0.05) is 110 Å². The maximum Gasteiger partial charge on any atom is 0.333 e. The Morgan fingerprint density at radius 3 is 1.78 bits per heavy atom. The highest BCUT2D eigenvalue weighted by Gasteiger charge is 2.37. The number of hydrogen-bond donors (Lipinski definition) is 1. The third kappa shape index (κ3) is 5.58. The van der Waals surface area contributed by atoms with E-state index in [1.54, 1.807) is 30.8 Å². The lowest BCUT2D eigenvalue weighted by molar-refractivity contribution is -0.137. The molecule has 0 heterocycles. The van der Waals surface area contributed by atoms with Crippen LogP contribution in [0.2, 0.25) is 0 Å². The zero-order valence-electron chi connectivity index (χ0n) is 18.3. The van der Waals surface area contributed by atoms with Gasteiger partial charge in [0.15, 0.2) is 0 Å². The molecular weight excluding hydrogens is 414 g/mol. The van der Waals surface area contributed by atoms with Crippen molar-refractivity contribution in [2.75, 3.05) is 12.4 Å². The molecule has 32 heavy (non-hydrogen) atoms. The maximum atomic E-state index is 12.1. The van der Waals surface area contributed by atoms with Crippen LogP contribution in [0.25, 0.3) is 0 Å². The van der Waals surface area contributed by atoms with Gasteiger partial charge in [0, 0.05) is 17.4 Å². The summed E-state index contributed by atoms with van der Waals surface area (Å²) in [5.74, 6) is 0.246. The molecule has 0 unspecified atom stereocenters. The van der Waals surface area contributed by atoms with Crippen molar-refractivity contribution in [2.24, 2.45) is 5.73 Å². The first-order valence-corrected chi connectivity index (χ1v) is 11.6. The number of nitrogens with two attached hydrogens (primary N) is 1. The zero-order valence-corrected chi connectivity index (χ0v) is 19.1. The molecule has 2 N–H and O–H groups in total. The number of esters is 1. The third-order valence-corrected chi connectivity index (χ3v) is 6.84. The number of carbonyl (C=O) groups excluding carboxylic acids is 1. The molecule has 0 aromatic heterocycles. The second kappa shape index (κ2) is 11.5. The highest BCUT2D eigenvalue weighted by atomic mass is 32.2. The molecule has 3 aromatic rings. The average Bonchev–Trinajstić information content (AvgIpc) is 2.85. The van der Waals surface area contributed by atoms with Crippen LogP contribution in [0, 0.1) is 0 Å². The molecule has 3 nitrogen and oxygen atoms in total. The zero-order chi connectivity index (χ0) is 22.8. The van der Waals surface area contributed by atoms with E-state index in [1.807, 2.05) is 18.2 Å². The van der Waals surface area contributed by atoms with Crippen LogP contribution in [0.3, 0.4) is 0 Å². The van der Waals surface area contributed by atoms with Gasteiger partial charge in [0.05, 0.1) is 4.75 Å². The predicted molar refractivity (Wildman–Crippen MR) is 135 cm³/mol. The van der Waals surface area contributed by atoms with E-state index >= 15 is 0 Å². The third-order valence-electron chi connectivity index (χ3n) is 5.15. The molecule has 0 spiro atoms. The first-order chi connectivity index (χ1) is 15.6. The molecule has 3 rings (SSSR count). The van der Waals surface area contributed by atoms with Crippen LogP contribution in [-0.2, 0) is 14.3 Å². The number of carbonyl (C=O) groups is 1. The molecule has 0 aliphatic carbocycles. The van der Waals surface area contributed by atoms with Gasteiger partial charge in [0.1, 0.15) is 6.61 Å². The predicted octanol–water partition coefficient (Wildman–Crippen LogP) is 5.71.